The van der Waals surface area contributed by atoms with Gasteiger partial charge in [-0.25, -0.2) is 0 Å². The molecule has 2 rings (SSSR count). The minimum Gasteiger partial charge on any atom is -0.195 e. The highest BCUT2D eigenvalue weighted by molar-refractivity contribution is 9.11. The van der Waals surface area contributed by atoms with Gasteiger partial charge in [0.05, 0.1) is 3.79 Å². The molecule has 2 heterocycles. The number of halogens is 1. The third-order valence-electron chi connectivity index (χ3n) is 2.43. The monoisotopic (exact) mass is 324 g/mol. The first-order chi connectivity index (χ1) is 7.50. The summed E-state index contributed by atoms with van der Waals surface area (Å²) in [5.74, 6) is 0. The average Bonchev–Trinajstić information content (AvgIpc) is 3.00. The molecule has 0 atom stereocenters. The van der Waals surface area contributed by atoms with Crippen LogP contribution in [0.25, 0.3) is 0 Å². The van der Waals surface area contributed by atoms with Gasteiger partial charge in [-0.1, -0.05) is 0 Å². The molecule has 1 fully saturated rings. The number of likely N-dealkylation sites (N-methyl/N-ethyl adjacent to an activating group) is 1. The Kier molecular flexibility index (Phi) is 3.70. The lowest BCUT2D eigenvalue weighted by molar-refractivity contribution is 0.446. The second-order valence-corrected chi connectivity index (χ2v) is 8.27. The molecule has 0 aromatic carbocycles. The predicted molar refractivity (Wildman–Crippen MR) is 68.8 cm³/mol. The first-order valence-electron chi connectivity index (χ1n) is 4.96. The van der Waals surface area contributed by atoms with Gasteiger partial charge in [0.2, 0.25) is 0 Å². The SMILES string of the molecule is CN(CCc1ccc(Br)s1)S(=O)(=O)N1CC1. The molecule has 1 aromatic heterocycles. The Hall–Kier alpha value is 0.0500. The van der Waals surface area contributed by atoms with Gasteiger partial charge in [0, 0.05) is 31.6 Å². The minimum absolute atomic E-state index is 0.534. The molecule has 90 valence electrons. The van der Waals surface area contributed by atoms with E-state index in [1.807, 2.05) is 12.1 Å². The van der Waals surface area contributed by atoms with Gasteiger partial charge in [-0.15, -0.1) is 11.3 Å². The van der Waals surface area contributed by atoms with E-state index in [-0.39, 0.29) is 0 Å². The summed E-state index contributed by atoms with van der Waals surface area (Å²) in [6, 6.07) is 4.01. The lowest BCUT2D eigenvalue weighted by Crippen LogP contribution is -2.33. The summed E-state index contributed by atoms with van der Waals surface area (Å²) in [7, 11) is -1.53. The summed E-state index contributed by atoms with van der Waals surface area (Å²) >= 11 is 5.04. The van der Waals surface area contributed by atoms with Crippen LogP contribution in [-0.2, 0) is 16.6 Å². The van der Waals surface area contributed by atoms with Gasteiger partial charge in [0.1, 0.15) is 0 Å². The lowest BCUT2D eigenvalue weighted by Gasteiger charge is -2.16. The maximum Gasteiger partial charge on any atom is 0.281 e. The van der Waals surface area contributed by atoms with Crippen molar-refractivity contribution in [3.05, 3.63) is 20.8 Å². The molecule has 1 aliphatic heterocycles. The van der Waals surface area contributed by atoms with Gasteiger partial charge < -0.3 is 0 Å². The molecule has 0 saturated carbocycles. The Morgan fingerprint density at radius 1 is 1.50 bits per heavy atom. The van der Waals surface area contributed by atoms with Crippen molar-refractivity contribution in [2.75, 3.05) is 26.7 Å². The zero-order valence-electron chi connectivity index (χ0n) is 8.89. The molecule has 4 nitrogen and oxygen atoms in total. The van der Waals surface area contributed by atoms with E-state index in [1.54, 1.807) is 18.4 Å². The van der Waals surface area contributed by atoms with Gasteiger partial charge in [-0.2, -0.15) is 17.0 Å². The summed E-state index contributed by atoms with van der Waals surface area (Å²) in [6.07, 6.45) is 0.764. The molecule has 0 unspecified atom stereocenters. The second-order valence-electron chi connectivity index (χ2n) is 3.68. The Labute approximate surface area is 108 Å². The number of hydrogen-bond acceptors (Lipinski definition) is 3. The lowest BCUT2D eigenvalue weighted by atomic mass is 10.3. The Morgan fingerprint density at radius 2 is 2.19 bits per heavy atom. The maximum atomic E-state index is 11.8. The van der Waals surface area contributed by atoms with E-state index < -0.39 is 10.2 Å². The number of nitrogens with zero attached hydrogens (tertiary/aromatic N) is 2. The molecule has 0 N–H and O–H groups in total. The van der Waals surface area contributed by atoms with Crippen LogP contribution >= 0.6 is 27.3 Å². The van der Waals surface area contributed by atoms with E-state index in [1.165, 1.54) is 13.5 Å². The van der Waals surface area contributed by atoms with E-state index in [0.29, 0.717) is 19.6 Å². The third kappa shape index (κ3) is 2.84. The fourth-order valence-electron chi connectivity index (χ4n) is 1.34. The topological polar surface area (TPSA) is 40.4 Å². The van der Waals surface area contributed by atoms with E-state index in [4.69, 9.17) is 0 Å². The van der Waals surface area contributed by atoms with Crippen LogP contribution in [0.15, 0.2) is 15.9 Å². The van der Waals surface area contributed by atoms with Crippen LogP contribution < -0.4 is 0 Å². The highest BCUT2D eigenvalue weighted by Crippen LogP contribution is 2.23. The highest BCUT2D eigenvalue weighted by atomic mass is 79.9. The van der Waals surface area contributed by atoms with Crippen molar-refractivity contribution in [2.24, 2.45) is 0 Å². The van der Waals surface area contributed by atoms with E-state index >= 15 is 0 Å². The molecule has 0 spiro atoms. The summed E-state index contributed by atoms with van der Waals surface area (Å²) in [4.78, 5) is 1.19. The first-order valence-corrected chi connectivity index (χ1v) is 7.96. The van der Waals surface area contributed by atoms with Crippen molar-refractivity contribution in [3.8, 4) is 0 Å². The van der Waals surface area contributed by atoms with Crippen molar-refractivity contribution >= 4 is 37.5 Å². The van der Waals surface area contributed by atoms with Gasteiger partial charge in [0.25, 0.3) is 10.2 Å². The Morgan fingerprint density at radius 3 is 2.69 bits per heavy atom. The van der Waals surface area contributed by atoms with Crippen LogP contribution in [0.2, 0.25) is 0 Å². The Bertz CT molecular complexity index is 468. The number of rotatable bonds is 5. The molecule has 0 amide bonds. The van der Waals surface area contributed by atoms with E-state index in [9.17, 15) is 8.42 Å². The molecular formula is C9H13BrN2O2S2. The van der Waals surface area contributed by atoms with Gasteiger partial charge in [-0.05, 0) is 34.5 Å². The van der Waals surface area contributed by atoms with Crippen LogP contribution in [-0.4, -0.2) is 43.7 Å². The maximum absolute atomic E-state index is 11.8. The van der Waals surface area contributed by atoms with Crippen LogP contribution in [0.4, 0.5) is 0 Å². The predicted octanol–water partition coefficient (Wildman–Crippen LogP) is 1.55. The van der Waals surface area contributed by atoms with E-state index in [0.717, 1.165) is 10.2 Å². The van der Waals surface area contributed by atoms with Crippen LogP contribution in [0.1, 0.15) is 4.88 Å². The molecule has 1 aliphatic rings. The minimum atomic E-state index is -3.17. The molecule has 1 aromatic rings. The molecule has 16 heavy (non-hydrogen) atoms. The van der Waals surface area contributed by atoms with Crippen molar-refractivity contribution in [2.45, 2.75) is 6.42 Å². The number of hydrogen-bond donors (Lipinski definition) is 0. The van der Waals surface area contributed by atoms with Crippen LogP contribution in [0.5, 0.6) is 0 Å². The van der Waals surface area contributed by atoms with Gasteiger partial charge in [-0.3, -0.25) is 0 Å². The molecule has 1 saturated heterocycles. The van der Waals surface area contributed by atoms with E-state index in [2.05, 4.69) is 15.9 Å². The molecule has 0 bridgehead atoms. The van der Waals surface area contributed by atoms with Gasteiger partial charge >= 0.3 is 0 Å². The van der Waals surface area contributed by atoms with Crippen LogP contribution in [0.3, 0.4) is 0 Å². The second kappa shape index (κ2) is 4.73. The first kappa shape index (κ1) is 12.5. The molecule has 0 aliphatic carbocycles. The summed E-state index contributed by atoms with van der Waals surface area (Å²) in [5.41, 5.74) is 0. The molecule has 7 heteroatoms. The number of thiophene rings is 1. The van der Waals surface area contributed by atoms with Crippen LogP contribution in [0, 0.1) is 0 Å². The zero-order chi connectivity index (χ0) is 11.8. The van der Waals surface area contributed by atoms with Gasteiger partial charge in [0.15, 0.2) is 0 Å². The zero-order valence-corrected chi connectivity index (χ0v) is 12.1. The summed E-state index contributed by atoms with van der Waals surface area (Å²) < 4.78 is 27.5. The molecule has 0 radical (unpaired) electrons. The largest absolute Gasteiger partial charge is 0.281 e. The fourth-order valence-corrected chi connectivity index (χ4v) is 4.07. The summed E-state index contributed by atoms with van der Waals surface area (Å²) in [5, 5.41) is 0. The third-order valence-corrected chi connectivity index (χ3v) is 6.10. The van der Waals surface area contributed by atoms with Crippen molar-refractivity contribution < 1.29 is 8.42 Å². The van der Waals surface area contributed by atoms with Crippen molar-refractivity contribution in [1.29, 1.82) is 0 Å². The fraction of sp³-hybridized carbons (Fsp3) is 0.556. The Balaban J connectivity index is 1.90. The van der Waals surface area contributed by atoms with Crippen molar-refractivity contribution in [3.63, 3.8) is 0 Å². The molecular weight excluding hydrogens is 312 g/mol. The standard InChI is InChI=1S/C9H13BrN2O2S2/c1-11(16(13,14)12-6-7-12)5-4-8-2-3-9(10)15-8/h2-3H,4-7H2,1H3. The smallest absolute Gasteiger partial charge is 0.195 e. The van der Waals surface area contributed by atoms with Crippen molar-refractivity contribution in [1.82, 2.24) is 8.61 Å². The normalized spacial score (nSPS) is 16.9. The summed E-state index contributed by atoms with van der Waals surface area (Å²) in [6.45, 7) is 1.86. The highest BCUT2D eigenvalue weighted by Gasteiger charge is 2.34. The average molecular weight is 325 g/mol. The quantitative estimate of drug-likeness (QED) is 0.771.